The summed E-state index contributed by atoms with van der Waals surface area (Å²) in [6.07, 6.45) is 0. The molecule has 1 amide bonds. The number of para-hydroxylation sites is 1. The van der Waals surface area contributed by atoms with Crippen molar-refractivity contribution in [3.63, 3.8) is 0 Å². The molecular formula is C24H23FN4O. The number of nitrogens with zero attached hydrogens (tertiary/aromatic N) is 3. The van der Waals surface area contributed by atoms with Crippen molar-refractivity contribution in [1.29, 1.82) is 0 Å². The molecule has 4 rings (SSSR count). The molecule has 0 saturated heterocycles. The van der Waals surface area contributed by atoms with Gasteiger partial charge in [0.15, 0.2) is 5.65 Å². The number of nitrogens with one attached hydrogen (secondary N) is 1. The summed E-state index contributed by atoms with van der Waals surface area (Å²) in [6, 6.07) is 15.6. The van der Waals surface area contributed by atoms with Crippen LogP contribution < -0.4 is 5.32 Å². The van der Waals surface area contributed by atoms with Crippen molar-refractivity contribution < 1.29 is 9.18 Å². The second-order valence-corrected chi connectivity index (χ2v) is 7.68. The van der Waals surface area contributed by atoms with Gasteiger partial charge >= 0.3 is 0 Å². The minimum atomic E-state index is -0.319. The first kappa shape index (κ1) is 19.8. The van der Waals surface area contributed by atoms with E-state index in [1.807, 2.05) is 38.1 Å². The number of pyridine rings is 1. The number of benzene rings is 2. The molecule has 6 heteroatoms. The summed E-state index contributed by atoms with van der Waals surface area (Å²) in [5.74, 6) is -0.246. The number of halogens is 1. The predicted molar refractivity (Wildman–Crippen MR) is 117 cm³/mol. The van der Waals surface area contributed by atoms with Gasteiger partial charge in [-0.25, -0.2) is 14.1 Å². The zero-order chi connectivity index (χ0) is 21.4. The Bertz CT molecular complexity index is 1240. The highest BCUT2D eigenvalue weighted by Gasteiger charge is 2.20. The molecule has 0 atom stereocenters. The maximum Gasteiger partial charge on any atom is 0.256 e. The Kier molecular flexibility index (Phi) is 5.08. The molecular weight excluding hydrogens is 379 g/mol. The van der Waals surface area contributed by atoms with Gasteiger partial charge < -0.3 is 5.32 Å². The summed E-state index contributed by atoms with van der Waals surface area (Å²) in [6.45, 7) is 7.88. The molecule has 0 spiro atoms. The second-order valence-electron chi connectivity index (χ2n) is 7.68. The lowest BCUT2D eigenvalue weighted by Crippen LogP contribution is -2.15. The van der Waals surface area contributed by atoms with Gasteiger partial charge in [0, 0.05) is 11.4 Å². The van der Waals surface area contributed by atoms with E-state index in [4.69, 9.17) is 0 Å². The van der Waals surface area contributed by atoms with Crippen LogP contribution in [0.25, 0.3) is 16.7 Å². The van der Waals surface area contributed by atoms with Crippen LogP contribution in [-0.4, -0.2) is 20.7 Å². The summed E-state index contributed by atoms with van der Waals surface area (Å²) in [7, 11) is 0. The van der Waals surface area contributed by atoms with E-state index in [0.717, 1.165) is 11.3 Å². The fourth-order valence-corrected chi connectivity index (χ4v) is 3.66. The summed E-state index contributed by atoms with van der Waals surface area (Å²) >= 11 is 0. The molecule has 30 heavy (non-hydrogen) atoms. The summed E-state index contributed by atoms with van der Waals surface area (Å²) in [5.41, 5.74) is 5.03. The van der Waals surface area contributed by atoms with Gasteiger partial charge in [-0.3, -0.25) is 4.79 Å². The van der Waals surface area contributed by atoms with Crippen LogP contribution in [0.2, 0.25) is 0 Å². The van der Waals surface area contributed by atoms with Crippen LogP contribution in [0.4, 0.5) is 10.1 Å². The molecule has 0 fully saturated rings. The standard InChI is InChI=1S/C24H23FN4O/c1-14(2)19-7-5-6-8-21(19)27-24(30)20-13-15(3)26-23-22(20)16(4)28-29(23)18-11-9-17(25)10-12-18/h5-14H,1-4H3,(H,27,30). The Labute approximate surface area is 174 Å². The highest BCUT2D eigenvalue weighted by Crippen LogP contribution is 2.28. The quantitative estimate of drug-likeness (QED) is 0.487. The molecule has 0 bridgehead atoms. The summed E-state index contributed by atoms with van der Waals surface area (Å²) < 4.78 is 15.0. The van der Waals surface area contributed by atoms with Crippen molar-refractivity contribution in [2.24, 2.45) is 0 Å². The smallest absolute Gasteiger partial charge is 0.256 e. The van der Waals surface area contributed by atoms with Crippen LogP contribution in [-0.2, 0) is 0 Å². The fraction of sp³-hybridized carbons (Fsp3) is 0.208. The molecule has 0 aliphatic rings. The number of carbonyl (C=O) groups excluding carboxylic acids is 1. The van der Waals surface area contributed by atoms with Crippen molar-refractivity contribution in [2.45, 2.75) is 33.6 Å². The van der Waals surface area contributed by atoms with E-state index in [2.05, 4.69) is 29.2 Å². The van der Waals surface area contributed by atoms with Gasteiger partial charge in [0.25, 0.3) is 5.91 Å². The zero-order valence-electron chi connectivity index (χ0n) is 17.4. The largest absolute Gasteiger partial charge is 0.322 e. The van der Waals surface area contributed by atoms with E-state index in [-0.39, 0.29) is 17.6 Å². The van der Waals surface area contributed by atoms with Gasteiger partial charge in [0.1, 0.15) is 5.82 Å². The van der Waals surface area contributed by atoms with Gasteiger partial charge in [-0.2, -0.15) is 5.10 Å². The summed E-state index contributed by atoms with van der Waals surface area (Å²) in [4.78, 5) is 17.9. The Morgan fingerprint density at radius 3 is 2.47 bits per heavy atom. The van der Waals surface area contributed by atoms with E-state index in [1.54, 1.807) is 22.9 Å². The molecule has 0 saturated carbocycles. The lowest BCUT2D eigenvalue weighted by atomic mass is 10.0. The Balaban J connectivity index is 1.82. The van der Waals surface area contributed by atoms with Gasteiger partial charge in [-0.05, 0) is 61.7 Å². The average Bonchev–Trinajstić information content (AvgIpc) is 3.04. The first-order chi connectivity index (χ1) is 14.3. The van der Waals surface area contributed by atoms with Crippen molar-refractivity contribution in [1.82, 2.24) is 14.8 Å². The van der Waals surface area contributed by atoms with E-state index < -0.39 is 0 Å². The fourth-order valence-electron chi connectivity index (χ4n) is 3.66. The van der Waals surface area contributed by atoms with E-state index in [0.29, 0.717) is 33.7 Å². The topological polar surface area (TPSA) is 59.8 Å². The molecule has 2 aromatic carbocycles. The Hall–Kier alpha value is -3.54. The normalized spacial score (nSPS) is 11.3. The lowest BCUT2D eigenvalue weighted by Gasteiger charge is -2.14. The third-order valence-corrected chi connectivity index (χ3v) is 5.09. The number of hydrogen-bond acceptors (Lipinski definition) is 3. The van der Waals surface area contributed by atoms with Crippen molar-refractivity contribution in [2.75, 3.05) is 5.32 Å². The van der Waals surface area contributed by atoms with Crippen LogP contribution in [0.3, 0.4) is 0 Å². The molecule has 0 aliphatic heterocycles. The number of carbonyl (C=O) groups is 1. The Morgan fingerprint density at radius 2 is 1.77 bits per heavy atom. The van der Waals surface area contributed by atoms with Crippen LogP contribution in [0.1, 0.15) is 47.1 Å². The van der Waals surface area contributed by atoms with E-state index >= 15 is 0 Å². The first-order valence-electron chi connectivity index (χ1n) is 9.88. The molecule has 4 aromatic rings. The van der Waals surface area contributed by atoms with Crippen LogP contribution in [0, 0.1) is 19.7 Å². The molecule has 5 nitrogen and oxygen atoms in total. The van der Waals surface area contributed by atoms with Gasteiger partial charge in [-0.1, -0.05) is 32.0 Å². The molecule has 0 radical (unpaired) electrons. The minimum absolute atomic E-state index is 0.208. The number of anilines is 1. The summed E-state index contributed by atoms with van der Waals surface area (Å²) in [5, 5.41) is 8.32. The predicted octanol–water partition coefficient (Wildman–Crippen LogP) is 5.55. The van der Waals surface area contributed by atoms with Crippen LogP contribution in [0.15, 0.2) is 54.6 Å². The number of aryl methyl sites for hydroxylation is 2. The monoisotopic (exact) mass is 402 g/mol. The SMILES string of the molecule is Cc1cc(C(=O)Nc2ccccc2C(C)C)c2c(C)nn(-c3ccc(F)cc3)c2n1. The van der Waals surface area contributed by atoms with Crippen molar-refractivity contribution in [3.8, 4) is 5.69 Å². The lowest BCUT2D eigenvalue weighted by molar-refractivity contribution is 0.102. The number of hydrogen-bond donors (Lipinski definition) is 1. The second kappa shape index (κ2) is 7.71. The zero-order valence-corrected chi connectivity index (χ0v) is 17.4. The van der Waals surface area contributed by atoms with Gasteiger partial charge in [0.05, 0.1) is 22.3 Å². The third kappa shape index (κ3) is 3.56. The number of aromatic nitrogens is 3. The van der Waals surface area contributed by atoms with Gasteiger partial charge in [0.2, 0.25) is 0 Å². The molecule has 2 heterocycles. The first-order valence-corrected chi connectivity index (χ1v) is 9.88. The molecule has 1 N–H and O–H groups in total. The minimum Gasteiger partial charge on any atom is -0.322 e. The maximum atomic E-state index is 13.4. The van der Waals surface area contributed by atoms with Crippen LogP contribution >= 0.6 is 0 Å². The molecule has 0 aliphatic carbocycles. The third-order valence-electron chi connectivity index (χ3n) is 5.09. The number of fused-ring (bicyclic) bond motifs is 1. The van der Waals surface area contributed by atoms with Crippen LogP contribution in [0.5, 0.6) is 0 Å². The highest BCUT2D eigenvalue weighted by atomic mass is 19.1. The Morgan fingerprint density at radius 1 is 1.07 bits per heavy atom. The molecule has 2 aromatic heterocycles. The molecule has 152 valence electrons. The molecule has 0 unspecified atom stereocenters. The van der Waals surface area contributed by atoms with E-state index in [1.165, 1.54) is 12.1 Å². The maximum absolute atomic E-state index is 13.4. The van der Waals surface area contributed by atoms with Crippen molar-refractivity contribution >= 4 is 22.6 Å². The number of amides is 1. The van der Waals surface area contributed by atoms with E-state index in [9.17, 15) is 9.18 Å². The number of rotatable bonds is 4. The van der Waals surface area contributed by atoms with Gasteiger partial charge in [-0.15, -0.1) is 0 Å². The van der Waals surface area contributed by atoms with Crippen molar-refractivity contribution in [3.05, 3.63) is 82.9 Å². The highest BCUT2D eigenvalue weighted by molar-refractivity contribution is 6.13. The average molecular weight is 402 g/mol.